The molecule has 146 valence electrons. The van der Waals surface area contributed by atoms with Crippen molar-refractivity contribution in [2.45, 2.75) is 11.3 Å². The number of amides is 1. The molecule has 28 heavy (non-hydrogen) atoms. The SMILES string of the molecule is O=C(CSc1n[nH]c(-c2ccccc2F)n1)Nc1ccc(Cl)cc1C(F)(F)F. The van der Waals surface area contributed by atoms with E-state index in [1.807, 2.05) is 0 Å². The Hall–Kier alpha value is -2.59. The number of nitrogens with one attached hydrogen (secondary N) is 2. The van der Waals surface area contributed by atoms with E-state index in [9.17, 15) is 22.4 Å². The van der Waals surface area contributed by atoms with Gasteiger partial charge in [0.15, 0.2) is 5.82 Å². The number of aromatic nitrogens is 3. The summed E-state index contributed by atoms with van der Waals surface area (Å²) in [4.78, 5) is 16.1. The molecule has 0 saturated carbocycles. The first kappa shape index (κ1) is 20.2. The summed E-state index contributed by atoms with van der Waals surface area (Å²) in [5.41, 5.74) is -1.23. The van der Waals surface area contributed by atoms with Crippen molar-refractivity contribution in [1.82, 2.24) is 15.2 Å². The van der Waals surface area contributed by atoms with Crippen LogP contribution in [0.25, 0.3) is 11.4 Å². The molecule has 1 amide bonds. The highest BCUT2D eigenvalue weighted by molar-refractivity contribution is 7.99. The highest BCUT2D eigenvalue weighted by Gasteiger charge is 2.34. The van der Waals surface area contributed by atoms with Crippen LogP contribution in [0.3, 0.4) is 0 Å². The number of benzene rings is 2. The normalized spacial score (nSPS) is 11.5. The minimum absolute atomic E-state index is 0.0962. The molecule has 0 aliphatic heterocycles. The number of carbonyl (C=O) groups excluding carboxylic acids is 1. The second-order valence-corrected chi connectivity index (χ2v) is 6.85. The molecule has 1 aromatic heterocycles. The van der Waals surface area contributed by atoms with Crippen molar-refractivity contribution in [1.29, 1.82) is 0 Å². The van der Waals surface area contributed by atoms with Crippen LogP contribution in [-0.2, 0) is 11.0 Å². The lowest BCUT2D eigenvalue weighted by Crippen LogP contribution is -2.18. The summed E-state index contributed by atoms with van der Waals surface area (Å²) in [6.45, 7) is 0. The van der Waals surface area contributed by atoms with Crippen molar-refractivity contribution < 1.29 is 22.4 Å². The quantitative estimate of drug-likeness (QED) is 0.441. The lowest BCUT2D eigenvalue weighted by atomic mass is 10.1. The second kappa shape index (κ2) is 8.19. The van der Waals surface area contributed by atoms with Crippen LogP contribution >= 0.6 is 23.4 Å². The molecule has 0 fully saturated rings. The summed E-state index contributed by atoms with van der Waals surface area (Å²) in [5, 5.41) is 8.67. The molecule has 0 radical (unpaired) electrons. The van der Waals surface area contributed by atoms with Gasteiger partial charge in [-0.2, -0.15) is 13.2 Å². The molecule has 0 spiro atoms. The number of alkyl halides is 3. The number of nitrogens with zero attached hydrogens (tertiary/aromatic N) is 2. The maximum absolute atomic E-state index is 13.7. The third-order valence-electron chi connectivity index (χ3n) is 3.49. The fourth-order valence-electron chi connectivity index (χ4n) is 2.26. The Balaban J connectivity index is 1.65. The minimum Gasteiger partial charge on any atom is -0.325 e. The second-order valence-electron chi connectivity index (χ2n) is 5.47. The number of halogens is 5. The van der Waals surface area contributed by atoms with Gasteiger partial charge in [0.25, 0.3) is 0 Å². The predicted octanol–water partition coefficient (Wildman–Crippen LogP) is 5.01. The van der Waals surface area contributed by atoms with E-state index >= 15 is 0 Å². The van der Waals surface area contributed by atoms with Crippen LogP contribution in [0.2, 0.25) is 5.02 Å². The van der Waals surface area contributed by atoms with Gasteiger partial charge < -0.3 is 5.32 Å². The van der Waals surface area contributed by atoms with Crippen molar-refractivity contribution >= 4 is 35.0 Å². The summed E-state index contributed by atoms with van der Waals surface area (Å²) in [6, 6.07) is 9.00. The fraction of sp³-hybridized carbons (Fsp3) is 0.118. The van der Waals surface area contributed by atoms with E-state index in [2.05, 4.69) is 20.5 Å². The monoisotopic (exact) mass is 430 g/mol. The molecule has 1 heterocycles. The molecular formula is C17H11ClF4N4OS. The van der Waals surface area contributed by atoms with Gasteiger partial charge >= 0.3 is 6.18 Å². The Morgan fingerprint density at radius 3 is 2.68 bits per heavy atom. The van der Waals surface area contributed by atoms with Gasteiger partial charge in [0.1, 0.15) is 5.82 Å². The van der Waals surface area contributed by atoms with Crippen LogP contribution in [0.5, 0.6) is 0 Å². The Bertz CT molecular complexity index is 1010. The number of anilines is 1. The number of hydrogen-bond donors (Lipinski definition) is 2. The molecule has 3 rings (SSSR count). The molecule has 0 saturated heterocycles. The molecule has 2 aromatic carbocycles. The summed E-state index contributed by atoms with van der Waals surface area (Å²) in [7, 11) is 0. The van der Waals surface area contributed by atoms with Crippen molar-refractivity contribution in [2.75, 3.05) is 11.1 Å². The molecule has 3 aromatic rings. The van der Waals surface area contributed by atoms with E-state index < -0.39 is 29.2 Å². The van der Waals surface area contributed by atoms with Crippen LogP contribution < -0.4 is 5.32 Å². The summed E-state index contributed by atoms with van der Waals surface area (Å²) < 4.78 is 52.9. The minimum atomic E-state index is -4.67. The summed E-state index contributed by atoms with van der Waals surface area (Å²) in [5.74, 6) is -1.24. The Morgan fingerprint density at radius 1 is 1.21 bits per heavy atom. The van der Waals surface area contributed by atoms with Gasteiger partial charge in [-0.15, -0.1) is 5.10 Å². The zero-order valence-electron chi connectivity index (χ0n) is 13.8. The van der Waals surface area contributed by atoms with E-state index in [0.717, 1.165) is 23.9 Å². The van der Waals surface area contributed by atoms with E-state index in [1.165, 1.54) is 24.3 Å². The Morgan fingerprint density at radius 2 is 1.96 bits per heavy atom. The molecule has 5 nitrogen and oxygen atoms in total. The highest BCUT2D eigenvalue weighted by Crippen LogP contribution is 2.36. The molecule has 0 aliphatic carbocycles. The van der Waals surface area contributed by atoms with Crippen LogP contribution in [0.4, 0.5) is 23.2 Å². The average molecular weight is 431 g/mol. The molecule has 0 unspecified atom stereocenters. The van der Waals surface area contributed by atoms with Crippen molar-refractivity contribution in [2.24, 2.45) is 0 Å². The first-order chi connectivity index (χ1) is 13.2. The third-order valence-corrected chi connectivity index (χ3v) is 4.57. The van der Waals surface area contributed by atoms with E-state index in [-0.39, 0.29) is 27.3 Å². The van der Waals surface area contributed by atoms with Crippen LogP contribution in [0, 0.1) is 5.82 Å². The van der Waals surface area contributed by atoms with Crippen LogP contribution in [-0.4, -0.2) is 26.8 Å². The van der Waals surface area contributed by atoms with Crippen LogP contribution in [0.1, 0.15) is 5.56 Å². The first-order valence-electron chi connectivity index (χ1n) is 7.71. The number of thioether (sulfide) groups is 1. The molecule has 0 atom stereocenters. The van der Waals surface area contributed by atoms with Crippen molar-refractivity contribution in [3.05, 3.63) is 58.9 Å². The average Bonchev–Trinajstić information content (AvgIpc) is 3.10. The number of aromatic amines is 1. The van der Waals surface area contributed by atoms with Crippen molar-refractivity contribution in [3.63, 3.8) is 0 Å². The van der Waals surface area contributed by atoms with Gasteiger partial charge in [-0.25, -0.2) is 9.37 Å². The Labute approximate surface area is 165 Å². The zero-order chi connectivity index (χ0) is 20.3. The molecule has 2 N–H and O–H groups in total. The summed E-state index contributed by atoms with van der Waals surface area (Å²) in [6.07, 6.45) is -4.67. The largest absolute Gasteiger partial charge is 0.418 e. The Kier molecular flexibility index (Phi) is 5.90. The smallest absolute Gasteiger partial charge is 0.325 e. The molecule has 11 heteroatoms. The van der Waals surface area contributed by atoms with E-state index in [0.29, 0.717) is 0 Å². The van der Waals surface area contributed by atoms with Gasteiger partial charge in [0, 0.05) is 5.02 Å². The number of rotatable bonds is 5. The van der Waals surface area contributed by atoms with Gasteiger partial charge in [0.05, 0.1) is 22.6 Å². The standard InChI is InChI=1S/C17H11ClF4N4OS/c18-9-5-6-13(11(7-9)17(20,21)22)23-14(27)8-28-16-24-15(25-26-16)10-3-1-2-4-12(10)19/h1-7H,8H2,(H,23,27)(H,24,25,26). The maximum Gasteiger partial charge on any atom is 0.418 e. The topological polar surface area (TPSA) is 70.7 Å². The zero-order valence-corrected chi connectivity index (χ0v) is 15.4. The number of hydrogen-bond acceptors (Lipinski definition) is 4. The van der Waals surface area contributed by atoms with Crippen molar-refractivity contribution in [3.8, 4) is 11.4 Å². The lowest BCUT2D eigenvalue weighted by molar-refractivity contribution is -0.137. The van der Waals surface area contributed by atoms with Gasteiger partial charge in [-0.05, 0) is 30.3 Å². The highest BCUT2D eigenvalue weighted by atomic mass is 35.5. The van der Waals surface area contributed by atoms with Gasteiger partial charge in [0.2, 0.25) is 11.1 Å². The van der Waals surface area contributed by atoms with E-state index in [1.54, 1.807) is 6.07 Å². The lowest BCUT2D eigenvalue weighted by Gasteiger charge is -2.13. The van der Waals surface area contributed by atoms with E-state index in [4.69, 9.17) is 11.6 Å². The van der Waals surface area contributed by atoms with Gasteiger partial charge in [-0.1, -0.05) is 35.5 Å². The maximum atomic E-state index is 13.7. The number of carbonyl (C=O) groups is 1. The molecular weight excluding hydrogens is 420 g/mol. The molecule has 0 bridgehead atoms. The van der Waals surface area contributed by atoms with Gasteiger partial charge in [-0.3, -0.25) is 9.89 Å². The number of H-pyrrole nitrogens is 1. The first-order valence-corrected chi connectivity index (χ1v) is 9.07. The molecule has 0 aliphatic rings. The fourth-order valence-corrected chi connectivity index (χ4v) is 3.03. The third kappa shape index (κ3) is 4.82. The predicted molar refractivity (Wildman–Crippen MR) is 97.6 cm³/mol. The van der Waals surface area contributed by atoms with Crippen LogP contribution in [0.15, 0.2) is 47.6 Å². The summed E-state index contributed by atoms with van der Waals surface area (Å²) >= 11 is 6.49.